The number of aliphatic hydroxyl groups excluding tert-OH is 2. The van der Waals surface area contributed by atoms with E-state index in [2.05, 4.69) is 41.5 Å². The molecule has 4 aliphatic carbocycles. The number of hydrogen-bond donors (Lipinski definition) is 2. The number of carbonyl (C=O) groups excluding carboxylic acids is 2. The van der Waals surface area contributed by atoms with Gasteiger partial charge < -0.3 is 14.9 Å². The first-order valence-electron chi connectivity index (χ1n) is 21.7. The molecule has 288 valence electrons. The van der Waals surface area contributed by atoms with Crippen molar-refractivity contribution in [2.24, 2.45) is 46.3 Å². The van der Waals surface area contributed by atoms with Crippen molar-refractivity contribution in [2.75, 3.05) is 0 Å². The minimum Gasteiger partial charge on any atom is -0.462 e. The summed E-state index contributed by atoms with van der Waals surface area (Å²) in [5.74, 6) is 3.66. The van der Waals surface area contributed by atoms with Crippen LogP contribution in [-0.2, 0) is 14.3 Å². The van der Waals surface area contributed by atoms with Gasteiger partial charge in [-0.1, -0.05) is 131 Å². The van der Waals surface area contributed by atoms with Gasteiger partial charge >= 0.3 is 5.97 Å². The minimum absolute atomic E-state index is 0.0572. The van der Waals surface area contributed by atoms with Crippen molar-refractivity contribution in [3.63, 3.8) is 0 Å². The van der Waals surface area contributed by atoms with Gasteiger partial charge in [0.15, 0.2) is 5.78 Å². The lowest BCUT2D eigenvalue weighted by molar-refractivity contribution is -0.152. The molecular weight excluding hydrogens is 620 g/mol. The van der Waals surface area contributed by atoms with E-state index in [-0.39, 0.29) is 23.4 Å². The molecule has 5 nitrogen and oxygen atoms in total. The van der Waals surface area contributed by atoms with Crippen LogP contribution in [0.25, 0.3) is 0 Å². The maximum absolute atomic E-state index is 14.0. The summed E-state index contributed by atoms with van der Waals surface area (Å²) in [6, 6.07) is 0. The number of aliphatic hydroxyl groups is 2. The van der Waals surface area contributed by atoms with Crippen molar-refractivity contribution < 1.29 is 24.5 Å². The number of fused-ring (bicyclic) bond motifs is 5. The second kappa shape index (κ2) is 19.8. The maximum Gasteiger partial charge on any atom is 0.306 e. The van der Waals surface area contributed by atoms with E-state index in [4.69, 9.17) is 4.74 Å². The zero-order valence-corrected chi connectivity index (χ0v) is 33.4. The molecule has 0 aromatic heterocycles. The van der Waals surface area contributed by atoms with Crippen LogP contribution in [0, 0.1) is 46.3 Å². The smallest absolute Gasteiger partial charge is 0.306 e. The number of unbranched alkanes of at least 4 members (excludes halogenated alkanes) is 9. The third kappa shape index (κ3) is 10.7. The van der Waals surface area contributed by atoms with Crippen LogP contribution in [0.4, 0.5) is 0 Å². The SMILES string of the molecule is CCCCCCCCC(O)C(O)CCCCCCCC(=O)O[C@H]1CC[C@@]2(C)C(=CC(=O)[C@H]3[C@@H]4CC[C@H]([C@H](C)CCCC(C)C)[C@@]4(C)CC[C@@H]32)C1. The molecule has 0 bridgehead atoms. The van der Waals surface area contributed by atoms with Gasteiger partial charge in [-0.25, -0.2) is 0 Å². The first-order valence-corrected chi connectivity index (χ1v) is 21.7. The van der Waals surface area contributed by atoms with E-state index in [9.17, 15) is 19.8 Å². The highest BCUT2D eigenvalue weighted by molar-refractivity contribution is 5.94. The topological polar surface area (TPSA) is 83.8 Å². The average Bonchev–Trinajstić information content (AvgIpc) is 3.43. The highest BCUT2D eigenvalue weighted by atomic mass is 16.5. The van der Waals surface area contributed by atoms with Crippen molar-refractivity contribution in [1.29, 1.82) is 0 Å². The van der Waals surface area contributed by atoms with Gasteiger partial charge in [-0.3, -0.25) is 9.59 Å². The Balaban J connectivity index is 1.15. The molecule has 0 spiro atoms. The Bertz CT molecular complexity index is 1080. The van der Waals surface area contributed by atoms with E-state index < -0.39 is 12.2 Å². The van der Waals surface area contributed by atoms with Crippen LogP contribution in [0.3, 0.4) is 0 Å². The third-order valence-corrected chi connectivity index (χ3v) is 14.6. The molecule has 0 aromatic carbocycles. The Labute approximate surface area is 307 Å². The average molecular weight is 699 g/mol. The minimum atomic E-state index is -0.620. The molecule has 3 fully saturated rings. The molecule has 0 radical (unpaired) electrons. The summed E-state index contributed by atoms with van der Waals surface area (Å²) in [7, 11) is 0. The second-order valence-corrected chi connectivity index (χ2v) is 18.6. The Morgan fingerprint density at radius 1 is 0.780 bits per heavy atom. The third-order valence-electron chi connectivity index (χ3n) is 14.6. The fourth-order valence-corrected chi connectivity index (χ4v) is 11.4. The van der Waals surface area contributed by atoms with Crippen molar-refractivity contribution in [3.8, 4) is 0 Å². The molecule has 0 saturated heterocycles. The number of carbonyl (C=O) groups is 2. The molecule has 4 aliphatic rings. The molecule has 4 rings (SSSR count). The number of esters is 1. The van der Waals surface area contributed by atoms with Crippen molar-refractivity contribution >= 4 is 11.8 Å². The number of ether oxygens (including phenoxy) is 1. The van der Waals surface area contributed by atoms with Gasteiger partial charge in [0, 0.05) is 18.8 Å². The summed E-state index contributed by atoms with van der Waals surface area (Å²) < 4.78 is 6.02. The Morgan fingerprint density at radius 3 is 2.08 bits per heavy atom. The van der Waals surface area contributed by atoms with Gasteiger partial charge in [0.05, 0.1) is 12.2 Å². The van der Waals surface area contributed by atoms with Crippen molar-refractivity contribution in [2.45, 2.75) is 214 Å². The first-order chi connectivity index (χ1) is 23.9. The van der Waals surface area contributed by atoms with E-state index in [1.807, 2.05) is 6.08 Å². The molecule has 0 heterocycles. The summed E-state index contributed by atoms with van der Waals surface area (Å²) in [5, 5.41) is 20.6. The predicted molar refractivity (Wildman–Crippen MR) is 206 cm³/mol. The van der Waals surface area contributed by atoms with Crippen molar-refractivity contribution in [3.05, 3.63) is 11.6 Å². The number of allylic oxidation sites excluding steroid dienone is 1. The lowest BCUT2D eigenvalue weighted by Crippen LogP contribution is -2.53. The fraction of sp³-hybridized carbons (Fsp3) is 0.911. The Kier molecular flexibility index (Phi) is 16.4. The summed E-state index contributed by atoms with van der Waals surface area (Å²) in [4.78, 5) is 26.8. The highest BCUT2D eigenvalue weighted by Gasteiger charge is 2.61. The molecule has 50 heavy (non-hydrogen) atoms. The van der Waals surface area contributed by atoms with Gasteiger partial charge in [0.25, 0.3) is 0 Å². The van der Waals surface area contributed by atoms with Gasteiger partial charge in [0.2, 0.25) is 0 Å². The van der Waals surface area contributed by atoms with Crippen LogP contribution in [0.5, 0.6) is 0 Å². The molecule has 0 aromatic rings. The zero-order valence-electron chi connectivity index (χ0n) is 33.4. The molecule has 0 amide bonds. The van der Waals surface area contributed by atoms with Gasteiger partial charge in [-0.2, -0.15) is 0 Å². The van der Waals surface area contributed by atoms with Crippen LogP contribution in [-0.4, -0.2) is 40.3 Å². The molecule has 10 atom stereocenters. The highest BCUT2D eigenvalue weighted by Crippen LogP contribution is 2.66. The van der Waals surface area contributed by atoms with Gasteiger partial charge in [-0.05, 0) is 104 Å². The van der Waals surface area contributed by atoms with E-state index in [1.165, 1.54) is 69.8 Å². The van der Waals surface area contributed by atoms with E-state index in [0.29, 0.717) is 42.3 Å². The second-order valence-electron chi connectivity index (χ2n) is 18.6. The molecule has 5 heteroatoms. The standard InChI is InChI=1S/C45H78O5/c1-7-8-9-10-12-15-21-39(46)40(47)22-16-13-11-14-17-23-42(49)50-35-26-28-44(5)34(30-35)31-41(48)43-37-25-24-36(33(4)20-18-19-32(2)3)45(37,6)29-27-38(43)44/h31-33,35-40,43,46-47H,7-30H2,1-6H3/t33-,35+,36-,37+,38+,39?,40?,43+,44+,45-/m1/s1. The van der Waals surface area contributed by atoms with E-state index >= 15 is 0 Å². The van der Waals surface area contributed by atoms with Crippen LogP contribution >= 0.6 is 0 Å². The summed E-state index contributed by atoms with van der Waals surface area (Å²) in [6.07, 6.45) is 26.0. The molecule has 3 saturated carbocycles. The summed E-state index contributed by atoms with van der Waals surface area (Å²) in [6.45, 7) is 14.4. The number of rotatable bonds is 22. The van der Waals surface area contributed by atoms with Gasteiger partial charge in [0.1, 0.15) is 6.10 Å². The Hall–Kier alpha value is -1.20. The molecule has 2 unspecified atom stereocenters. The van der Waals surface area contributed by atoms with Gasteiger partial charge in [-0.15, -0.1) is 0 Å². The van der Waals surface area contributed by atoms with E-state index in [0.717, 1.165) is 88.4 Å². The van der Waals surface area contributed by atoms with Crippen LogP contribution in [0.15, 0.2) is 11.6 Å². The monoisotopic (exact) mass is 699 g/mol. The quantitative estimate of drug-likeness (QED) is 0.0868. The van der Waals surface area contributed by atoms with Crippen molar-refractivity contribution in [1.82, 2.24) is 0 Å². The van der Waals surface area contributed by atoms with Crippen LogP contribution < -0.4 is 0 Å². The summed E-state index contributed by atoms with van der Waals surface area (Å²) >= 11 is 0. The summed E-state index contributed by atoms with van der Waals surface area (Å²) in [5.41, 5.74) is 1.60. The first kappa shape index (κ1) is 41.6. The zero-order chi connectivity index (χ0) is 36.3. The maximum atomic E-state index is 14.0. The lowest BCUT2D eigenvalue weighted by Gasteiger charge is -2.57. The largest absolute Gasteiger partial charge is 0.462 e. The van der Waals surface area contributed by atoms with Crippen LogP contribution in [0.2, 0.25) is 0 Å². The normalized spacial score (nSPS) is 32.5. The fourth-order valence-electron chi connectivity index (χ4n) is 11.4. The molecular formula is C45H78O5. The predicted octanol–water partition coefficient (Wildman–Crippen LogP) is 11.3. The lowest BCUT2D eigenvalue weighted by atomic mass is 9.46. The Morgan fingerprint density at radius 2 is 1.42 bits per heavy atom. The van der Waals surface area contributed by atoms with E-state index in [1.54, 1.807) is 0 Å². The molecule has 2 N–H and O–H groups in total. The van der Waals surface area contributed by atoms with Crippen LogP contribution in [0.1, 0.15) is 196 Å². The molecule has 0 aliphatic heterocycles. The number of hydrogen-bond acceptors (Lipinski definition) is 5. The number of ketones is 1.